The third kappa shape index (κ3) is 2.61. The first-order chi connectivity index (χ1) is 11.8. The van der Waals surface area contributed by atoms with Gasteiger partial charge >= 0.3 is 0 Å². The van der Waals surface area contributed by atoms with Gasteiger partial charge < -0.3 is 14.2 Å². The number of methoxy groups -OCH3 is 2. The minimum Gasteiger partial charge on any atom is -0.496 e. The van der Waals surface area contributed by atoms with E-state index in [0.717, 1.165) is 27.7 Å². The number of para-hydroxylation sites is 2. The lowest BCUT2D eigenvalue weighted by Crippen LogP contribution is -2.07. The van der Waals surface area contributed by atoms with Crippen molar-refractivity contribution in [2.45, 2.75) is 12.2 Å². The Hall–Kier alpha value is -1.56. The van der Waals surface area contributed by atoms with Gasteiger partial charge in [-0.15, -0.1) is 23.5 Å². The second-order valence-corrected chi connectivity index (χ2v) is 7.91. The van der Waals surface area contributed by atoms with E-state index < -0.39 is 0 Å². The van der Waals surface area contributed by atoms with Crippen molar-refractivity contribution >= 4 is 23.5 Å². The van der Waals surface area contributed by atoms with Crippen LogP contribution in [0.2, 0.25) is 0 Å². The van der Waals surface area contributed by atoms with Gasteiger partial charge in [0.25, 0.3) is 0 Å². The smallest absolute Gasteiger partial charge is 0.125 e. The summed E-state index contributed by atoms with van der Waals surface area (Å²) in [6.45, 7) is 0. The van der Waals surface area contributed by atoms with E-state index in [0.29, 0.717) is 0 Å². The van der Waals surface area contributed by atoms with Gasteiger partial charge in [-0.25, -0.2) is 0 Å². The van der Waals surface area contributed by atoms with Crippen molar-refractivity contribution in [3.63, 3.8) is 0 Å². The fraction of sp³-hybridized carbons (Fsp3) is 0.263. The summed E-state index contributed by atoms with van der Waals surface area (Å²) in [4.78, 5) is 2.61. The topological polar surface area (TPSA) is 27.7 Å². The molecule has 3 nitrogen and oxygen atoms in total. The zero-order valence-electron chi connectivity index (χ0n) is 13.5. The van der Waals surface area contributed by atoms with Crippen molar-refractivity contribution in [1.82, 2.24) is 0 Å². The third-order valence-electron chi connectivity index (χ3n) is 4.26. The molecule has 0 bridgehead atoms. The van der Waals surface area contributed by atoms with Crippen LogP contribution in [0.5, 0.6) is 11.5 Å². The highest BCUT2D eigenvalue weighted by atomic mass is 32.2. The molecule has 0 radical (unpaired) electrons. The molecular formula is C19H18O3S2. The van der Waals surface area contributed by atoms with Gasteiger partial charge in [0.05, 0.1) is 14.2 Å². The van der Waals surface area contributed by atoms with E-state index in [1.807, 2.05) is 59.9 Å². The van der Waals surface area contributed by atoms with Crippen LogP contribution in [0.15, 0.2) is 58.3 Å². The molecule has 5 heteroatoms. The summed E-state index contributed by atoms with van der Waals surface area (Å²) < 4.78 is 17.6. The van der Waals surface area contributed by atoms with Crippen molar-refractivity contribution in [2.24, 2.45) is 0 Å². The molecule has 0 saturated heterocycles. The van der Waals surface area contributed by atoms with Crippen molar-refractivity contribution in [3.8, 4) is 11.5 Å². The summed E-state index contributed by atoms with van der Waals surface area (Å²) >= 11 is 3.74. The van der Waals surface area contributed by atoms with Gasteiger partial charge in [-0.3, -0.25) is 0 Å². The molecule has 0 saturated carbocycles. The van der Waals surface area contributed by atoms with Crippen LogP contribution in [0, 0.1) is 0 Å². The van der Waals surface area contributed by atoms with Crippen LogP contribution in [-0.4, -0.2) is 19.3 Å². The molecule has 2 aliphatic rings. The molecule has 2 aromatic carbocycles. The lowest BCUT2D eigenvalue weighted by Gasteiger charge is -2.21. The number of hydrogen-bond acceptors (Lipinski definition) is 5. The molecule has 4 rings (SSSR count). The Labute approximate surface area is 150 Å². The first kappa shape index (κ1) is 15.9. The molecule has 0 aromatic heterocycles. The minimum atomic E-state index is -0.0777. The molecule has 0 N–H and O–H groups in total. The lowest BCUT2D eigenvalue weighted by atomic mass is 10.1. The quantitative estimate of drug-likeness (QED) is 0.752. The maximum atomic E-state index is 6.51. The molecule has 0 aliphatic carbocycles. The fourth-order valence-electron chi connectivity index (χ4n) is 3.16. The zero-order valence-corrected chi connectivity index (χ0v) is 15.2. The predicted molar refractivity (Wildman–Crippen MR) is 99.6 cm³/mol. The van der Waals surface area contributed by atoms with E-state index in [1.165, 1.54) is 9.81 Å². The highest BCUT2D eigenvalue weighted by Gasteiger charge is 2.41. The van der Waals surface area contributed by atoms with E-state index >= 15 is 0 Å². The van der Waals surface area contributed by atoms with Crippen molar-refractivity contribution in [3.05, 3.63) is 69.5 Å². The Morgan fingerprint density at radius 3 is 1.71 bits per heavy atom. The third-order valence-corrected chi connectivity index (χ3v) is 6.82. The minimum absolute atomic E-state index is 0.0777. The number of rotatable bonds is 4. The van der Waals surface area contributed by atoms with Crippen LogP contribution in [-0.2, 0) is 4.74 Å². The Morgan fingerprint density at radius 2 is 1.25 bits per heavy atom. The van der Waals surface area contributed by atoms with Gasteiger partial charge in [0.2, 0.25) is 0 Å². The SMILES string of the molecule is COc1ccccc1C1OC(c2ccccc2OC)C2=C1SCS2. The second-order valence-electron chi connectivity index (χ2n) is 5.52. The maximum Gasteiger partial charge on any atom is 0.125 e. The van der Waals surface area contributed by atoms with Crippen molar-refractivity contribution < 1.29 is 14.2 Å². The van der Waals surface area contributed by atoms with E-state index in [2.05, 4.69) is 12.1 Å². The fourth-order valence-corrected chi connectivity index (χ4v) is 5.93. The molecule has 24 heavy (non-hydrogen) atoms. The van der Waals surface area contributed by atoms with E-state index in [4.69, 9.17) is 14.2 Å². The molecule has 124 valence electrons. The van der Waals surface area contributed by atoms with Crippen molar-refractivity contribution in [2.75, 3.05) is 19.3 Å². The normalized spacial score (nSPS) is 22.6. The van der Waals surface area contributed by atoms with Crippen LogP contribution in [0.25, 0.3) is 0 Å². The number of benzene rings is 2. The average Bonchev–Trinajstić information content (AvgIpc) is 3.24. The largest absolute Gasteiger partial charge is 0.496 e. The molecule has 2 aliphatic heterocycles. The highest BCUT2D eigenvalue weighted by molar-refractivity contribution is 8.22. The Balaban J connectivity index is 1.76. The van der Waals surface area contributed by atoms with Crippen LogP contribution in [0.4, 0.5) is 0 Å². The number of hydrogen-bond donors (Lipinski definition) is 0. The number of thioether (sulfide) groups is 2. The van der Waals surface area contributed by atoms with Crippen LogP contribution in [0.3, 0.4) is 0 Å². The van der Waals surface area contributed by atoms with Crippen LogP contribution in [0.1, 0.15) is 23.3 Å². The molecule has 0 amide bonds. The summed E-state index contributed by atoms with van der Waals surface area (Å²) in [6, 6.07) is 16.2. The second kappa shape index (κ2) is 6.75. The lowest BCUT2D eigenvalue weighted by molar-refractivity contribution is 0.0546. The first-order valence-electron chi connectivity index (χ1n) is 7.74. The molecule has 2 atom stereocenters. The van der Waals surface area contributed by atoms with Gasteiger partial charge in [0, 0.05) is 26.0 Å². The highest BCUT2D eigenvalue weighted by Crippen LogP contribution is 2.60. The zero-order chi connectivity index (χ0) is 16.5. The van der Waals surface area contributed by atoms with Gasteiger partial charge in [-0.05, 0) is 12.1 Å². The standard InChI is InChI=1S/C19H18O3S2/c1-20-14-9-5-3-7-12(14)16-18-19(24-11-23-18)17(22-16)13-8-4-6-10-15(13)21-2/h3-10,16-17H,11H2,1-2H3. The monoisotopic (exact) mass is 358 g/mol. The van der Waals surface area contributed by atoms with Crippen LogP contribution < -0.4 is 9.47 Å². The molecule has 2 unspecified atom stereocenters. The van der Waals surface area contributed by atoms with Gasteiger partial charge in [0.15, 0.2) is 0 Å². The van der Waals surface area contributed by atoms with E-state index in [-0.39, 0.29) is 12.2 Å². The molecule has 2 aromatic rings. The van der Waals surface area contributed by atoms with Gasteiger partial charge in [-0.2, -0.15) is 0 Å². The Kier molecular flexibility index (Phi) is 4.48. The summed E-state index contributed by atoms with van der Waals surface area (Å²) in [5, 5.41) is 1.03. The maximum absolute atomic E-state index is 6.51. The van der Waals surface area contributed by atoms with Crippen molar-refractivity contribution in [1.29, 1.82) is 0 Å². The molecule has 2 heterocycles. The number of ether oxygens (including phenoxy) is 3. The van der Waals surface area contributed by atoms with E-state index in [9.17, 15) is 0 Å². The summed E-state index contributed by atoms with van der Waals surface area (Å²) in [5.74, 6) is 1.74. The molecular weight excluding hydrogens is 340 g/mol. The first-order valence-corrected chi connectivity index (χ1v) is 9.71. The Bertz CT molecular complexity index is 724. The molecule has 0 fully saturated rings. The summed E-state index contributed by atoms with van der Waals surface area (Å²) in [7, 11) is 3.41. The van der Waals surface area contributed by atoms with Gasteiger partial charge in [-0.1, -0.05) is 36.4 Å². The Morgan fingerprint density at radius 1 is 0.792 bits per heavy atom. The average molecular weight is 358 g/mol. The summed E-state index contributed by atoms with van der Waals surface area (Å²) in [6.07, 6.45) is -0.155. The van der Waals surface area contributed by atoms with Gasteiger partial charge in [0.1, 0.15) is 23.7 Å². The molecule has 0 spiro atoms. The summed E-state index contributed by atoms with van der Waals surface area (Å²) in [5.41, 5.74) is 2.17. The predicted octanol–water partition coefficient (Wildman–Crippen LogP) is 5.17. The van der Waals surface area contributed by atoms with Crippen LogP contribution >= 0.6 is 23.5 Å². The van der Waals surface area contributed by atoms with E-state index in [1.54, 1.807) is 14.2 Å².